The highest BCUT2D eigenvalue weighted by Crippen LogP contribution is 2.13. The van der Waals surface area contributed by atoms with E-state index in [1.807, 2.05) is 4.90 Å². The van der Waals surface area contributed by atoms with Crippen LogP contribution in [0.1, 0.15) is 29.8 Å². The predicted molar refractivity (Wildman–Crippen MR) is 80.8 cm³/mol. The van der Waals surface area contributed by atoms with Gasteiger partial charge in [0.1, 0.15) is 6.61 Å². The molecule has 1 unspecified atom stereocenters. The second kappa shape index (κ2) is 7.21. The molecule has 5 nitrogen and oxygen atoms in total. The Labute approximate surface area is 125 Å². The lowest BCUT2D eigenvalue weighted by atomic mass is 10.1. The van der Waals surface area contributed by atoms with E-state index in [0.29, 0.717) is 17.2 Å². The summed E-state index contributed by atoms with van der Waals surface area (Å²) in [6.07, 6.45) is 3.17. The molecule has 1 aliphatic rings. The molecule has 1 saturated heterocycles. The molecule has 1 N–H and O–H groups in total. The van der Waals surface area contributed by atoms with Crippen LogP contribution in [0.3, 0.4) is 0 Å². The largest absolute Gasteiger partial charge is 0.384 e. The molecule has 2 heterocycles. The first-order valence-corrected chi connectivity index (χ1v) is 7.23. The molecule has 0 aliphatic carbocycles. The molecule has 1 aliphatic heterocycles. The van der Waals surface area contributed by atoms with Crippen molar-refractivity contribution < 1.29 is 9.90 Å². The maximum Gasteiger partial charge on any atom is 0.255 e. The zero-order valence-corrected chi connectivity index (χ0v) is 12.5. The average molecular weight is 287 g/mol. The van der Waals surface area contributed by atoms with Crippen molar-refractivity contribution in [1.82, 2.24) is 14.8 Å². The van der Waals surface area contributed by atoms with Gasteiger partial charge in [0.2, 0.25) is 0 Å². The van der Waals surface area contributed by atoms with E-state index in [4.69, 9.17) is 5.11 Å². The Morgan fingerprint density at radius 3 is 2.95 bits per heavy atom. The fourth-order valence-electron chi connectivity index (χ4n) is 2.60. The Kier molecular flexibility index (Phi) is 5.32. The predicted octanol–water partition coefficient (Wildman–Crippen LogP) is 0.592. The van der Waals surface area contributed by atoms with Crippen LogP contribution >= 0.6 is 0 Å². The highest BCUT2D eigenvalue weighted by atomic mass is 16.2. The molecule has 0 bridgehead atoms. The molecule has 1 aromatic heterocycles. The van der Waals surface area contributed by atoms with E-state index in [2.05, 4.69) is 35.6 Å². The van der Waals surface area contributed by atoms with Crippen molar-refractivity contribution in [2.45, 2.75) is 19.9 Å². The SMILES string of the molecule is CCN1CCN(C(=O)c2cncc(C#CCO)c2)CC1C. The van der Waals surface area contributed by atoms with Gasteiger partial charge in [0, 0.05) is 43.6 Å². The molecule has 5 heteroatoms. The summed E-state index contributed by atoms with van der Waals surface area (Å²) < 4.78 is 0. The second-order valence-electron chi connectivity index (χ2n) is 5.15. The number of nitrogens with zero attached hydrogens (tertiary/aromatic N) is 3. The average Bonchev–Trinajstić information content (AvgIpc) is 2.52. The molecule has 0 saturated carbocycles. The fourth-order valence-corrected chi connectivity index (χ4v) is 2.60. The van der Waals surface area contributed by atoms with Crippen LogP contribution < -0.4 is 0 Å². The smallest absolute Gasteiger partial charge is 0.255 e. The number of amides is 1. The van der Waals surface area contributed by atoms with Crippen LogP contribution in [0.2, 0.25) is 0 Å². The second-order valence-corrected chi connectivity index (χ2v) is 5.15. The number of hydrogen-bond acceptors (Lipinski definition) is 4. The maximum absolute atomic E-state index is 12.5. The monoisotopic (exact) mass is 287 g/mol. The van der Waals surface area contributed by atoms with E-state index in [0.717, 1.165) is 26.2 Å². The molecule has 1 atom stereocenters. The van der Waals surface area contributed by atoms with Gasteiger partial charge in [0.05, 0.1) is 5.56 Å². The van der Waals surface area contributed by atoms with E-state index in [-0.39, 0.29) is 12.5 Å². The molecular formula is C16H21N3O2. The lowest BCUT2D eigenvalue weighted by Crippen LogP contribution is -2.53. The Balaban J connectivity index is 2.10. The first kappa shape index (κ1) is 15.5. The molecule has 0 radical (unpaired) electrons. The molecule has 0 spiro atoms. The summed E-state index contributed by atoms with van der Waals surface area (Å²) in [5, 5.41) is 8.71. The van der Waals surface area contributed by atoms with Crippen molar-refractivity contribution >= 4 is 5.91 Å². The van der Waals surface area contributed by atoms with Crippen LogP contribution in [0.4, 0.5) is 0 Å². The number of likely N-dealkylation sites (N-methyl/N-ethyl adjacent to an activating group) is 1. The quantitative estimate of drug-likeness (QED) is 0.809. The summed E-state index contributed by atoms with van der Waals surface area (Å²) in [5.74, 6) is 5.34. The third-order valence-electron chi connectivity index (χ3n) is 3.76. The summed E-state index contributed by atoms with van der Waals surface area (Å²) in [6, 6.07) is 2.10. The van der Waals surface area contributed by atoms with Gasteiger partial charge in [0.25, 0.3) is 5.91 Å². The van der Waals surface area contributed by atoms with Crippen molar-refractivity contribution in [3.05, 3.63) is 29.6 Å². The lowest BCUT2D eigenvalue weighted by Gasteiger charge is -2.39. The highest BCUT2D eigenvalue weighted by molar-refractivity contribution is 5.94. The molecule has 1 fully saturated rings. The van der Waals surface area contributed by atoms with Crippen LogP contribution in [0, 0.1) is 11.8 Å². The fraction of sp³-hybridized carbons (Fsp3) is 0.500. The van der Waals surface area contributed by atoms with Gasteiger partial charge in [-0.15, -0.1) is 0 Å². The Hall–Kier alpha value is -1.90. The lowest BCUT2D eigenvalue weighted by molar-refractivity contribution is 0.0528. The van der Waals surface area contributed by atoms with Crippen LogP contribution in [-0.4, -0.2) is 64.6 Å². The van der Waals surface area contributed by atoms with Crippen LogP contribution in [-0.2, 0) is 0 Å². The summed E-state index contributed by atoms with van der Waals surface area (Å²) in [7, 11) is 0. The first-order valence-electron chi connectivity index (χ1n) is 7.23. The van der Waals surface area contributed by atoms with Gasteiger partial charge in [0.15, 0.2) is 0 Å². The Bertz CT molecular complexity index is 562. The molecule has 1 amide bonds. The number of piperazine rings is 1. The van der Waals surface area contributed by atoms with E-state index >= 15 is 0 Å². The zero-order valence-electron chi connectivity index (χ0n) is 12.5. The van der Waals surface area contributed by atoms with E-state index < -0.39 is 0 Å². The third-order valence-corrected chi connectivity index (χ3v) is 3.76. The first-order chi connectivity index (χ1) is 10.2. The number of pyridine rings is 1. The summed E-state index contributed by atoms with van der Waals surface area (Å²) in [5.41, 5.74) is 1.20. The van der Waals surface area contributed by atoms with Gasteiger partial charge >= 0.3 is 0 Å². The molecule has 1 aromatic rings. The van der Waals surface area contributed by atoms with Gasteiger partial charge in [-0.05, 0) is 19.5 Å². The van der Waals surface area contributed by atoms with Gasteiger partial charge in [-0.2, -0.15) is 0 Å². The molecule has 21 heavy (non-hydrogen) atoms. The minimum atomic E-state index is -0.200. The molecule has 112 valence electrons. The van der Waals surface area contributed by atoms with Crippen molar-refractivity contribution in [2.24, 2.45) is 0 Å². The van der Waals surface area contributed by atoms with Gasteiger partial charge < -0.3 is 10.0 Å². The standard InChI is InChI=1S/C16H21N3O2/c1-3-18-6-7-19(12-13(18)2)16(21)15-9-14(5-4-8-20)10-17-11-15/h9-11,13,20H,3,6-8,12H2,1-2H3. The van der Waals surface area contributed by atoms with Crippen molar-refractivity contribution in [1.29, 1.82) is 0 Å². The van der Waals surface area contributed by atoms with Crippen LogP contribution in [0.25, 0.3) is 0 Å². The third kappa shape index (κ3) is 3.81. The minimum Gasteiger partial charge on any atom is -0.384 e. The topological polar surface area (TPSA) is 56.7 Å². The van der Waals surface area contributed by atoms with Crippen molar-refractivity contribution in [3.8, 4) is 11.8 Å². The number of aromatic nitrogens is 1. The van der Waals surface area contributed by atoms with Gasteiger partial charge in [-0.1, -0.05) is 18.8 Å². The zero-order chi connectivity index (χ0) is 15.2. The maximum atomic E-state index is 12.5. The van der Waals surface area contributed by atoms with Crippen LogP contribution in [0.5, 0.6) is 0 Å². The molecule has 0 aromatic carbocycles. The Morgan fingerprint density at radius 1 is 1.48 bits per heavy atom. The number of carbonyl (C=O) groups excluding carboxylic acids is 1. The van der Waals surface area contributed by atoms with Crippen molar-refractivity contribution in [2.75, 3.05) is 32.8 Å². The van der Waals surface area contributed by atoms with E-state index in [1.165, 1.54) is 0 Å². The van der Waals surface area contributed by atoms with Crippen molar-refractivity contribution in [3.63, 3.8) is 0 Å². The Morgan fingerprint density at radius 2 is 2.29 bits per heavy atom. The van der Waals surface area contributed by atoms with Gasteiger partial charge in [-0.25, -0.2) is 0 Å². The number of rotatable bonds is 2. The van der Waals surface area contributed by atoms with Gasteiger partial charge in [-0.3, -0.25) is 14.7 Å². The number of aliphatic hydroxyl groups excluding tert-OH is 1. The summed E-state index contributed by atoms with van der Waals surface area (Å²) in [4.78, 5) is 20.8. The highest BCUT2D eigenvalue weighted by Gasteiger charge is 2.26. The molecule has 2 rings (SSSR count). The number of hydrogen-bond donors (Lipinski definition) is 1. The van der Waals surface area contributed by atoms with E-state index in [1.54, 1.807) is 18.5 Å². The number of carbonyl (C=O) groups is 1. The van der Waals surface area contributed by atoms with E-state index in [9.17, 15) is 4.79 Å². The normalized spacial score (nSPS) is 19.0. The van der Waals surface area contributed by atoms with Crippen LogP contribution in [0.15, 0.2) is 18.5 Å². The molecular weight excluding hydrogens is 266 g/mol. The summed E-state index contributed by atoms with van der Waals surface area (Å²) >= 11 is 0. The number of aliphatic hydroxyl groups is 1. The minimum absolute atomic E-state index is 0.00208. The summed E-state index contributed by atoms with van der Waals surface area (Å²) in [6.45, 7) is 7.47.